The number of benzene rings is 1. The SMILES string of the molecule is N#Cc1cnc2ccccc2c1OCC1CCNCC1. The van der Waals surface area contributed by atoms with Gasteiger partial charge in [-0.1, -0.05) is 12.1 Å². The maximum Gasteiger partial charge on any atom is 0.148 e. The standard InChI is InChI=1S/C16H17N3O/c17-9-13-10-19-15-4-2-1-3-14(15)16(13)20-11-12-5-7-18-8-6-12/h1-4,10,12,18H,5-8,11H2. The lowest BCUT2D eigenvalue weighted by molar-refractivity contribution is 0.216. The number of rotatable bonds is 3. The fourth-order valence-electron chi connectivity index (χ4n) is 2.60. The smallest absolute Gasteiger partial charge is 0.148 e. The van der Waals surface area contributed by atoms with Gasteiger partial charge in [-0.25, -0.2) is 0 Å². The second kappa shape index (κ2) is 5.89. The molecule has 1 fully saturated rings. The van der Waals surface area contributed by atoms with Crippen molar-refractivity contribution in [1.29, 1.82) is 5.26 Å². The minimum absolute atomic E-state index is 0.512. The van der Waals surface area contributed by atoms with E-state index in [1.165, 1.54) is 0 Å². The van der Waals surface area contributed by atoms with E-state index in [0.717, 1.165) is 36.8 Å². The van der Waals surface area contributed by atoms with E-state index in [2.05, 4.69) is 16.4 Å². The van der Waals surface area contributed by atoms with Crippen molar-refractivity contribution in [3.8, 4) is 11.8 Å². The first kappa shape index (κ1) is 12.9. The Morgan fingerprint density at radius 1 is 1.30 bits per heavy atom. The molecule has 0 bridgehead atoms. The summed E-state index contributed by atoms with van der Waals surface area (Å²) in [5.74, 6) is 1.24. The van der Waals surface area contributed by atoms with Gasteiger partial charge < -0.3 is 10.1 Å². The third kappa shape index (κ3) is 2.59. The predicted molar refractivity (Wildman–Crippen MR) is 77.5 cm³/mol. The van der Waals surface area contributed by atoms with Gasteiger partial charge in [0, 0.05) is 11.6 Å². The number of hydrogen-bond acceptors (Lipinski definition) is 4. The topological polar surface area (TPSA) is 57.9 Å². The Kier molecular flexibility index (Phi) is 3.80. The van der Waals surface area contributed by atoms with Crippen LogP contribution in [0.4, 0.5) is 0 Å². The maximum atomic E-state index is 9.23. The molecule has 1 aromatic carbocycles. The molecule has 2 aromatic rings. The van der Waals surface area contributed by atoms with Crippen molar-refractivity contribution in [3.63, 3.8) is 0 Å². The van der Waals surface area contributed by atoms with Gasteiger partial charge in [-0.2, -0.15) is 5.26 Å². The molecule has 0 unspecified atom stereocenters. The van der Waals surface area contributed by atoms with E-state index in [1.54, 1.807) is 6.20 Å². The molecule has 4 nitrogen and oxygen atoms in total. The number of para-hydroxylation sites is 1. The van der Waals surface area contributed by atoms with Gasteiger partial charge in [-0.3, -0.25) is 4.98 Å². The first-order chi connectivity index (χ1) is 9.88. The molecular formula is C16H17N3O. The van der Waals surface area contributed by atoms with Gasteiger partial charge in [0.25, 0.3) is 0 Å². The fourth-order valence-corrected chi connectivity index (χ4v) is 2.60. The van der Waals surface area contributed by atoms with Gasteiger partial charge in [-0.05, 0) is 44.0 Å². The summed E-state index contributed by atoms with van der Waals surface area (Å²) >= 11 is 0. The summed E-state index contributed by atoms with van der Waals surface area (Å²) in [6, 6.07) is 9.96. The molecule has 1 aromatic heterocycles. The minimum atomic E-state index is 0.512. The molecule has 0 aliphatic carbocycles. The summed E-state index contributed by atoms with van der Waals surface area (Å²) in [5, 5.41) is 13.5. The minimum Gasteiger partial charge on any atom is -0.491 e. The van der Waals surface area contributed by atoms with Crippen molar-refractivity contribution in [2.45, 2.75) is 12.8 Å². The summed E-state index contributed by atoms with van der Waals surface area (Å²) < 4.78 is 5.99. The van der Waals surface area contributed by atoms with Gasteiger partial charge >= 0.3 is 0 Å². The van der Waals surface area contributed by atoms with Crippen LogP contribution in [0.5, 0.6) is 5.75 Å². The van der Waals surface area contributed by atoms with E-state index in [9.17, 15) is 5.26 Å². The second-order valence-corrected chi connectivity index (χ2v) is 5.13. The van der Waals surface area contributed by atoms with Crippen LogP contribution in [-0.4, -0.2) is 24.7 Å². The summed E-state index contributed by atoms with van der Waals surface area (Å²) in [4.78, 5) is 4.29. The molecule has 102 valence electrons. The number of nitrogens with one attached hydrogen (secondary N) is 1. The molecule has 1 N–H and O–H groups in total. The number of aromatic nitrogens is 1. The molecule has 1 aliphatic rings. The van der Waals surface area contributed by atoms with E-state index < -0.39 is 0 Å². The highest BCUT2D eigenvalue weighted by Crippen LogP contribution is 2.28. The molecule has 0 radical (unpaired) electrons. The van der Waals surface area contributed by atoms with Crippen molar-refractivity contribution < 1.29 is 4.74 Å². The van der Waals surface area contributed by atoms with Crippen LogP contribution in [0.25, 0.3) is 10.9 Å². The number of ether oxygens (including phenoxy) is 1. The third-order valence-corrected chi connectivity index (χ3v) is 3.77. The lowest BCUT2D eigenvalue weighted by Crippen LogP contribution is -2.30. The zero-order valence-corrected chi connectivity index (χ0v) is 11.3. The second-order valence-electron chi connectivity index (χ2n) is 5.13. The van der Waals surface area contributed by atoms with Gasteiger partial charge in [0.15, 0.2) is 0 Å². The van der Waals surface area contributed by atoms with E-state index >= 15 is 0 Å². The maximum absolute atomic E-state index is 9.23. The Hall–Kier alpha value is -2.12. The number of fused-ring (bicyclic) bond motifs is 1. The number of pyridine rings is 1. The van der Waals surface area contributed by atoms with E-state index in [0.29, 0.717) is 23.8 Å². The Balaban J connectivity index is 1.87. The summed E-state index contributed by atoms with van der Waals surface area (Å²) in [6.07, 6.45) is 3.86. The van der Waals surface area contributed by atoms with E-state index in [-0.39, 0.29) is 0 Å². The highest BCUT2D eigenvalue weighted by molar-refractivity contribution is 5.87. The van der Waals surface area contributed by atoms with Gasteiger partial charge in [0.2, 0.25) is 0 Å². The lowest BCUT2D eigenvalue weighted by Gasteiger charge is -2.23. The van der Waals surface area contributed by atoms with Crippen molar-refractivity contribution in [2.24, 2.45) is 5.92 Å². The predicted octanol–water partition coefficient (Wildman–Crippen LogP) is 2.48. The van der Waals surface area contributed by atoms with Crippen LogP contribution < -0.4 is 10.1 Å². The summed E-state index contributed by atoms with van der Waals surface area (Å²) in [7, 11) is 0. The average Bonchev–Trinajstić information content (AvgIpc) is 2.53. The quantitative estimate of drug-likeness (QED) is 0.928. The van der Waals surface area contributed by atoms with Crippen LogP contribution in [0.1, 0.15) is 18.4 Å². The molecule has 2 heterocycles. The normalized spacial score (nSPS) is 15.9. The van der Waals surface area contributed by atoms with Crippen LogP contribution >= 0.6 is 0 Å². The van der Waals surface area contributed by atoms with Crippen LogP contribution in [0.15, 0.2) is 30.5 Å². The largest absolute Gasteiger partial charge is 0.491 e. The Morgan fingerprint density at radius 3 is 2.90 bits per heavy atom. The molecular weight excluding hydrogens is 250 g/mol. The first-order valence-electron chi connectivity index (χ1n) is 7.00. The zero-order chi connectivity index (χ0) is 13.8. The molecule has 4 heteroatoms. The van der Waals surface area contributed by atoms with Crippen molar-refractivity contribution in [1.82, 2.24) is 10.3 Å². The lowest BCUT2D eigenvalue weighted by atomic mass is 9.99. The molecule has 0 spiro atoms. The molecule has 1 saturated heterocycles. The Bertz CT molecular complexity index is 642. The van der Waals surface area contributed by atoms with Crippen molar-refractivity contribution >= 4 is 10.9 Å². The number of piperidine rings is 1. The average molecular weight is 267 g/mol. The van der Waals surface area contributed by atoms with Crippen LogP contribution in [0.2, 0.25) is 0 Å². The van der Waals surface area contributed by atoms with Gasteiger partial charge in [-0.15, -0.1) is 0 Å². The first-order valence-corrected chi connectivity index (χ1v) is 7.00. The van der Waals surface area contributed by atoms with Gasteiger partial charge in [0.1, 0.15) is 17.4 Å². The third-order valence-electron chi connectivity index (χ3n) is 3.77. The van der Waals surface area contributed by atoms with Crippen LogP contribution in [-0.2, 0) is 0 Å². The molecule has 0 atom stereocenters. The van der Waals surface area contributed by atoms with E-state index in [1.807, 2.05) is 24.3 Å². The number of nitrogens with zero attached hydrogens (tertiary/aromatic N) is 2. The molecule has 20 heavy (non-hydrogen) atoms. The zero-order valence-electron chi connectivity index (χ0n) is 11.3. The Labute approximate surface area is 118 Å². The fraction of sp³-hybridized carbons (Fsp3) is 0.375. The number of nitriles is 1. The molecule has 3 rings (SSSR count). The Morgan fingerprint density at radius 2 is 2.10 bits per heavy atom. The van der Waals surface area contributed by atoms with Crippen LogP contribution in [0, 0.1) is 17.2 Å². The number of hydrogen-bond donors (Lipinski definition) is 1. The van der Waals surface area contributed by atoms with Crippen molar-refractivity contribution in [2.75, 3.05) is 19.7 Å². The van der Waals surface area contributed by atoms with Gasteiger partial charge in [0.05, 0.1) is 12.1 Å². The monoisotopic (exact) mass is 267 g/mol. The van der Waals surface area contributed by atoms with E-state index in [4.69, 9.17) is 4.74 Å². The molecule has 1 aliphatic heterocycles. The van der Waals surface area contributed by atoms with Crippen LogP contribution in [0.3, 0.4) is 0 Å². The molecule has 0 amide bonds. The highest BCUT2D eigenvalue weighted by atomic mass is 16.5. The highest BCUT2D eigenvalue weighted by Gasteiger charge is 2.16. The van der Waals surface area contributed by atoms with Crippen molar-refractivity contribution in [3.05, 3.63) is 36.0 Å². The summed E-state index contributed by atoms with van der Waals surface area (Å²) in [6.45, 7) is 2.77. The summed E-state index contributed by atoms with van der Waals surface area (Å²) in [5.41, 5.74) is 1.38. The molecule has 0 saturated carbocycles.